The van der Waals surface area contributed by atoms with Gasteiger partial charge in [-0.15, -0.1) is 10.2 Å². The molecule has 0 saturated heterocycles. The van der Waals surface area contributed by atoms with Crippen LogP contribution in [0.15, 0.2) is 4.34 Å². The molecule has 0 aliphatic carbocycles. The van der Waals surface area contributed by atoms with E-state index >= 15 is 0 Å². The third-order valence-electron chi connectivity index (χ3n) is 0.839. The summed E-state index contributed by atoms with van der Waals surface area (Å²) >= 11 is 2.96. The lowest BCUT2D eigenvalue weighted by molar-refractivity contribution is -0.192. The number of rotatable bonds is 1. The number of alkyl halides is 3. The van der Waals surface area contributed by atoms with Gasteiger partial charge in [-0.2, -0.15) is 13.2 Å². The summed E-state index contributed by atoms with van der Waals surface area (Å²) in [5, 5.41) is 15.0. The van der Waals surface area contributed by atoms with Gasteiger partial charge in [0.1, 0.15) is 0 Å². The fourth-order valence-electron chi connectivity index (χ4n) is 0.303. The molecule has 0 amide bonds. The first-order valence-corrected chi connectivity index (χ1v) is 5.24. The average molecular weight is 261 g/mol. The van der Waals surface area contributed by atoms with Crippen LogP contribution in [0.5, 0.6) is 0 Å². The zero-order valence-corrected chi connectivity index (χ0v) is 8.91. The van der Waals surface area contributed by atoms with Crippen LogP contribution in [0.4, 0.5) is 18.3 Å². The Kier molecular flexibility index (Phi) is 5.36. The topological polar surface area (TPSA) is 89.1 Å². The van der Waals surface area contributed by atoms with Crippen LogP contribution in [0, 0.1) is 0 Å². The number of aromatic nitrogens is 2. The molecule has 5 nitrogen and oxygen atoms in total. The number of anilines is 1. The monoisotopic (exact) mass is 261 g/mol. The van der Waals surface area contributed by atoms with Crippen molar-refractivity contribution < 1.29 is 23.1 Å². The Hall–Kier alpha value is -1.03. The first kappa shape index (κ1) is 14.0. The molecule has 0 saturated carbocycles. The molecule has 0 spiro atoms. The second-order valence-corrected chi connectivity index (χ2v) is 3.98. The number of thioether (sulfide) groups is 1. The van der Waals surface area contributed by atoms with Gasteiger partial charge in [-0.05, 0) is 6.26 Å². The van der Waals surface area contributed by atoms with Gasteiger partial charge in [0.2, 0.25) is 5.13 Å². The highest BCUT2D eigenvalue weighted by atomic mass is 32.2. The molecule has 86 valence electrons. The Morgan fingerprint density at radius 2 is 2.00 bits per heavy atom. The van der Waals surface area contributed by atoms with Crippen molar-refractivity contribution in [2.45, 2.75) is 10.5 Å². The molecule has 0 aliphatic rings. The van der Waals surface area contributed by atoms with E-state index in [4.69, 9.17) is 15.6 Å². The molecule has 1 aromatic rings. The van der Waals surface area contributed by atoms with E-state index in [1.54, 1.807) is 11.8 Å². The smallest absolute Gasteiger partial charge is 0.475 e. The number of nitrogen functional groups attached to an aromatic ring is 1. The van der Waals surface area contributed by atoms with Gasteiger partial charge in [0.15, 0.2) is 4.34 Å². The zero-order valence-electron chi connectivity index (χ0n) is 7.28. The zero-order chi connectivity index (χ0) is 12.1. The number of carboxylic acid groups (broad SMARTS) is 1. The highest BCUT2D eigenvalue weighted by molar-refractivity contribution is 8.00. The van der Waals surface area contributed by atoms with Crippen LogP contribution >= 0.6 is 23.1 Å². The van der Waals surface area contributed by atoms with E-state index < -0.39 is 12.1 Å². The minimum Gasteiger partial charge on any atom is -0.475 e. The fourth-order valence-corrected chi connectivity index (χ4v) is 1.36. The van der Waals surface area contributed by atoms with Crippen molar-refractivity contribution in [2.24, 2.45) is 0 Å². The normalized spacial score (nSPS) is 10.4. The number of hydrogen-bond donors (Lipinski definition) is 2. The van der Waals surface area contributed by atoms with Gasteiger partial charge in [0.25, 0.3) is 0 Å². The molecule has 0 aliphatic heterocycles. The van der Waals surface area contributed by atoms with Crippen LogP contribution in [0.1, 0.15) is 0 Å². The van der Waals surface area contributed by atoms with Gasteiger partial charge in [-0.3, -0.25) is 0 Å². The molecular formula is C5H6F3N3O2S2. The number of halogens is 3. The van der Waals surface area contributed by atoms with E-state index in [0.717, 1.165) is 4.34 Å². The van der Waals surface area contributed by atoms with Crippen molar-refractivity contribution in [3.05, 3.63) is 0 Å². The lowest BCUT2D eigenvalue weighted by atomic mass is 10.7. The number of carboxylic acids is 1. The van der Waals surface area contributed by atoms with Gasteiger partial charge in [0.05, 0.1) is 0 Å². The van der Waals surface area contributed by atoms with Gasteiger partial charge in [0, 0.05) is 0 Å². The van der Waals surface area contributed by atoms with Crippen molar-refractivity contribution >= 4 is 34.2 Å². The second kappa shape index (κ2) is 5.75. The number of aliphatic carboxylic acids is 1. The first-order chi connectivity index (χ1) is 6.77. The minimum atomic E-state index is -5.08. The number of nitrogens with two attached hydrogens (primary N) is 1. The summed E-state index contributed by atoms with van der Waals surface area (Å²) in [4.78, 5) is 8.90. The predicted molar refractivity (Wildman–Crippen MR) is 49.8 cm³/mol. The first-order valence-electron chi connectivity index (χ1n) is 3.20. The molecule has 0 unspecified atom stereocenters. The van der Waals surface area contributed by atoms with Gasteiger partial charge in [-0.1, -0.05) is 23.1 Å². The summed E-state index contributed by atoms with van der Waals surface area (Å²) in [7, 11) is 0. The Bertz CT molecular complexity index is 328. The fraction of sp³-hybridized carbons (Fsp3) is 0.400. The molecule has 0 atom stereocenters. The maximum Gasteiger partial charge on any atom is 0.490 e. The quantitative estimate of drug-likeness (QED) is 0.744. The summed E-state index contributed by atoms with van der Waals surface area (Å²) in [6.45, 7) is 0. The van der Waals surface area contributed by atoms with E-state index in [-0.39, 0.29) is 0 Å². The SMILES string of the molecule is CSc1nnc(N)s1.O=C(O)C(F)(F)F. The molecule has 15 heavy (non-hydrogen) atoms. The third kappa shape index (κ3) is 6.12. The molecule has 0 fully saturated rings. The highest BCUT2D eigenvalue weighted by Gasteiger charge is 2.38. The Balaban J connectivity index is 0.000000265. The molecule has 10 heteroatoms. The van der Waals surface area contributed by atoms with Crippen LogP contribution in [-0.2, 0) is 4.79 Å². The molecule has 0 aromatic carbocycles. The number of carbonyl (C=O) groups is 1. The Morgan fingerprint density at radius 3 is 2.13 bits per heavy atom. The largest absolute Gasteiger partial charge is 0.490 e. The number of hydrogen-bond acceptors (Lipinski definition) is 6. The highest BCUT2D eigenvalue weighted by Crippen LogP contribution is 2.19. The Morgan fingerprint density at radius 1 is 1.53 bits per heavy atom. The maximum atomic E-state index is 10.6. The van der Waals surface area contributed by atoms with Crippen LogP contribution in [0.2, 0.25) is 0 Å². The molecule has 3 N–H and O–H groups in total. The van der Waals surface area contributed by atoms with Gasteiger partial charge < -0.3 is 10.8 Å². The Labute approximate surface area is 90.5 Å². The van der Waals surface area contributed by atoms with Gasteiger partial charge in [-0.25, -0.2) is 4.79 Å². The van der Waals surface area contributed by atoms with Crippen molar-refractivity contribution in [1.29, 1.82) is 0 Å². The average Bonchev–Trinajstić information content (AvgIpc) is 2.50. The van der Waals surface area contributed by atoms with Crippen molar-refractivity contribution in [3.8, 4) is 0 Å². The van der Waals surface area contributed by atoms with E-state index in [1.165, 1.54) is 11.3 Å². The molecular weight excluding hydrogens is 255 g/mol. The van der Waals surface area contributed by atoms with Crippen LogP contribution in [0.25, 0.3) is 0 Å². The lowest BCUT2D eigenvalue weighted by Gasteiger charge is -1.93. The third-order valence-corrected chi connectivity index (χ3v) is 2.57. The van der Waals surface area contributed by atoms with E-state index in [9.17, 15) is 13.2 Å². The number of nitrogens with zero attached hydrogens (tertiary/aromatic N) is 2. The van der Waals surface area contributed by atoms with Crippen LogP contribution in [-0.4, -0.2) is 33.7 Å². The summed E-state index contributed by atoms with van der Waals surface area (Å²) in [6, 6.07) is 0. The molecule has 1 rings (SSSR count). The second-order valence-electron chi connectivity index (χ2n) is 1.91. The predicted octanol–water partition coefficient (Wildman–Crippen LogP) is 1.48. The minimum absolute atomic E-state index is 0.536. The molecule has 0 bridgehead atoms. The van der Waals surface area contributed by atoms with Crippen molar-refractivity contribution in [2.75, 3.05) is 12.0 Å². The molecule has 0 radical (unpaired) electrons. The van der Waals surface area contributed by atoms with E-state index in [1.807, 2.05) is 6.26 Å². The maximum absolute atomic E-state index is 10.6. The lowest BCUT2D eigenvalue weighted by Crippen LogP contribution is -2.21. The van der Waals surface area contributed by atoms with Crippen LogP contribution in [0.3, 0.4) is 0 Å². The molecule has 1 aromatic heterocycles. The summed E-state index contributed by atoms with van der Waals surface area (Å²) in [5.41, 5.74) is 5.29. The standard InChI is InChI=1S/C3H5N3S2.C2HF3O2/c1-7-3-6-5-2(4)8-3;3-2(4,5)1(6)7/h1H3,(H2,4,5);(H,6,7). The van der Waals surface area contributed by atoms with E-state index in [2.05, 4.69) is 10.2 Å². The molecule has 1 heterocycles. The summed E-state index contributed by atoms with van der Waals surface area (Å²) in [5.74, 6) is -2.76. The van der Waals surface area contributed by atoms with Crippen LogP contribution < -0.4 is 5.73 Å². The van der Waals surface area contributed by atoms with E-state index in [0.29, 0.717) is 5.13 Å². The van der Waals surface area contributed by atoms with Crippen molar-refractivity contribution in [1.82, 2.24) is 10.2 Å². The van der Waals surface area contributed by atoms with Gasteiger partial charge >= 0.3 is 12.1 Å². The summed E-state index contributed by atoms with van der Waals surface area (Å²) in [6.07, 6.45) is -3.14. The summed E-state index contributed by atoms with van der Waals surface area (Å²) < 4.78 is 32.7. The van der Waals surface area contributed by atoms with Crippen molar-refractivity contribution in [3.63, 3.8) is 0 Å².